The molecule has 1 aromatic heterocycles. The average Bonchev–Trinajstić information content (AvgIpc) is 3.01. The Labute approximate surface area is 122 Å². The third-order valence-corrected chi connectivity index (χ3v) is 4.09. The second-order valence-electron chi connectivity index (χ2n) is 4.65. The normalized spacial score (nSPS) is 10.4. The molecular formula is C17H16N2S. The smallest absolute Gasteiger partial charge is 0.0400 e. The first kappa shape index (κ1) is 12.8. The van der Waals surface area contributed by atoms with Gasteiger partial charge in [0.15, 0.2) is 0 Å². The number of hydrogen-bond acceptors (Lipinski definition) is 3. The molecule has 1 heterocycles. The molecule has 0 atom stereocenters. The molecule has 20 heavy (non-hydrogen) atoms. The monoisotopic (exact) mass is 280 g/mol. The number of nitrogens with one attached hydrogen (secondary N) is 1. The molecule has 0 unspecified atom stereocenters. The first-order valence-electron chi connectivity index (χ1n) is 6.53. The molecule has 3 aromatic rings. The van der Waals surface area contributed by atoms with Crippen molar-refractivity contribution in [2.45, 2.75) is 6.54 Å². The Morgan fingerprint density at radius 2 is 1.65 bits per heavy atom. The molecule has 0 radical (unpaired) electrons. The first-order chi connectivity index (χ1) is 9.81. The summed E-state index contributed by atoms with van der Waals surface area (Å²) in [5.41, 5.74) is 10.1. The van der Waals surface area contributed by atoms with Crippen LogP contribution in [-0.2, 0) is 6.54 Å². The van der Waals surface area contributed by atoms with E-state index < -0.39 is 0 Å². The van der Waals surface area contributed by atoms with Gasteiger partial charge in [0.25, 0.3) is 0 Å². The molecule has 2 nitrogen and oxygen atoms in total. The van der Waals surface area contributed by atoms with Crippen molar-refractivity contribution in [3.63, 3.8) is 0 Å². The minimum atomic E-state index is 0.800. The van der Waals surface area contributed by atoms with E-state index in [0.717, 1.165) is 17.9 Å². The zero-order valence-corrected chi connectivity index (χ0v) is 11.9. The fourth-order valence-corrected chi connectivity index (χ4v) is 2.77. The zero-order valence-electron chi connectivity index (χ0n) is 11.0. The molecule has 3 heteroatoms. The van der Waals surface area contributed by atoms with Crippen molar-refractivity contribution < 1.29 is 0 Å². The molecular weight excluding hydrogens is 264 g/mol. The molecule has 3 N–H and O–H groups in total. The van der Waals surface area contributed by atoms with E-state index in [2.05, 4.69) is 47.1 Å². The van der Waals surface area contributed by atoms with Crippen LogP contribution >= 0.6 is 11.3 Å². The van der Waals surface area contributed by atoms with Crippen LogP contribution in [0.15, 0.2) is 66.0 Å². The molecule has 0 saturated carbocycles. The maximum Gasteiger partial charge on any atom is 0.0400 e. The van der Waals surface area contributed by atoms with Gasteiger partial charge in [0.05, 0.1) is 0 Å². The third-order valence-electron chi connectivity index (χ3n) is 3.17. The Hall–Kier alpha value is -2.26. The van der Waals surface area contributed by atoms with Crippen molar-refractivity contribution in [1.82, 2.24) is 0 Å². The minimum absolute atomic E-state index is 0.800. The molecule has 0 aliphatic carbocycles. The average molecular weight is 280 g/mol. The molecule has 100 valence electrons. The van der Waals surface area contributed by atoms with Crippen LogP contribution in [0.25, 0.3) is 10.4 Å². The largest absolute Gasteiger partial charge is 0.399 e. The SMILES string of the molecule is Nc1ccc(CNc2ccc(-c3cccs3)cc2)cc1. The van der Waals surface area contributed by atoms with Crippen molar-refractivity contribution >= 4 is 22.7 Å². The maximum absolute atomic E-state index is 5.68. The lowest BCUT2D eigenvalue weighted by molar-refractivity contribution is 1.15. The van der Waals surface area contributed by atoms with Crippen LogP contribution in [0.2, 0.25) is 0 Å². The predicted molar refractivity (Wildman–Crippen MR) is 87.9 cm³/mol. The minimum Gasteiger partial charge on any atom is -0.399 e. The van der Waals surface area contributed by atoms with Gasteiger partial charge in [-0.3, -0.25) is 0 Å². The van der Waals surface area contributed by atoms with Gasteiger partial charge in [-0.2, -0.15) is 0 Å². The summed E-state index contributed by atoms with van der Waals surface area (Å²) in [7, 11) is 0. The Morgan fingerprint density at radius 3 is 2.30 bits per heavy atom. The van der Waals surface area contributed by atoms with E-state index in [1.807, 2.05) is 24.3 Å². The van der Waals surface area contributed by atoms with Gasteiger partial charge in [-0.15, -0.1) is 11.3 Å². The number of rotatable bonds is 4. The molecule has 2 aromatic carbocycles. The standard InChI is InChI=1S/C17H16N2S/c18-15-7-3-13(4-8-15)12-19-16-9-5-14(6-10-16)17-2-1-11-20-17/h1-11,19H,12,18H2. The topological polar surface area (TPSA) is 38.0 Å². The predicted octanol–water partition coefficient (Wildman–Crippen LogP) is 4.61. The lowest BCUT2D eigenvalue weighted by atomic mass is 10.1. The third kappa shape index (κ3) is 3.00. The summed E-state index contributed by atoms with van der Waals surface area (Å²) in [5.74, 6) is 0. The van der Waals surface area contributed by atoms with Crippen LogP contribution in [0.4, 0.5) is 11.4 Å². The summed E-state index contributed by atoms with van der Waals surface area (Å²) in [5, 5.41) is 5.52. The van der Waals surface area contributed by atoms with Crippen LogP contribution in [0.3, 0.4) is 0 Å². The molecule has 0 bridgehead atoms. The van der Waals surface area contributed by atoms with E-state index in [0.29, 0.717) is 0 Å². The van der Waals surface area contributed by atoms with Gasteiger partial charge in [-0.05, 0) is 46.8 Å². The Balaban J connectivity index is 1.65. The summed E-state index contributed by atoms with van der Waals surface area (Å²) in [6, 6.07) is 20.7. The number of nitrogens with two attached hydrogens (primary N) is 1. The molecule has 0 aliphatic rings. The van der Waals surface area contributed by atoms with Gasteiger partial charge >= 0.3 is 0 Å². The number of nitrogen functional groups attached to an aromatic ring is 1. The molecule has 0 saturated heterocycles. The number of thiophene rings is 1. The van der Waals surface area contributed by atoms with E-state index in [4.69, 9.17) is 5.73 Å². The van der Waals surface area contributed by atoms with Crippen LogP contribution in [0, 0.1) is 0 Å². The van der Waals surface area contributed by atoms with E-state index in [1.165, 1.54) is 16.0 Å². The molecule has 0 fully saturated rings. The Bertz CT molecular complexity index is 655. The zero-order chi connectivity index (χ0) is 13.8. The molecule has 0 amide bonds. The van der Waals surface area contributed by atoms with E-state index >= 15 is 0 Å². The lowest BCUT2D eigenvalue weighted by Crippen LogP contribution is -1.99. The highest BCUT2D eigenvalue weighted by Crippen LogP contribution is 2.25. The second-order valence-corrected chi connectivity index (χ2v) is 5.60. The van der Waals surface area contributed by atoms with Crippen LogP contribution < -0.4 is 11.1 Å². The summed E-state index contributed by atoms with van der Waals surface area (Å²) >= 11 is 1.76. The Morgan fingerprint density at radius 1 is 0.900 bits per heavy atom. The quantitative estimate of drug-likeness (QED) is 0.685. The van der Waals surface area contributed by atoms with Gasteiger partial charge in [0.2, 0.25) is 0 Å². The van der Waals surface area contributed by atoms with Crippen molar-refractivity contribution in [2.75, 3.05) is 11.1 Å². The summed E-state index contributed by atoms with van der Waals surface area (Å²) in [6.45, 7) is 0.804. The number of hydrogen-bond donors (Lipinski definition) is 2. The molecule has 0 spiro atoms. The second kappa shape index (κ2) is 5.80. The number of benzene rings is 2. The highest BCUT2D eigenvalue weighted by molar-refractivity contribution is 7.13. The Kier molecular flexibility index (Phi) is 3.70. The van der Waals surface area contributed by atoms with Gasteiger partial charge in [0.1, 0.15) is 0 Å². The molecule has 0 aliphatic heterocycles. The lowest BCUT2D eigenvalue weighted by Gasteiger charge is -2.07. The van der Waals surface area contributed by atoms with Crippen molar-refractivity contribution in [2.24, 2.45) is 0 Å². The summed E-state index contributed by atoms with van der Waals surface area (Å²) in [4.78, 5) is 1.30. The fourth-order valence-electron chi connectivity index (χ4n) is 2.03. The van der Waals surface area contributed by atoms with E-state index in [9.17, 15) is 0 Å². The van der Waals surface area contributed by atoms with Crippen LogP contribution in [0.5, 0.6) is 0 Å². The highest BCUT2D eigenvalue weighted by atomic mass is 32.1. The summed E-state index contributed by atoms with van der Waals surface area (Å²) < 4.78 is 0. The molecule has 3 rings (SSSR count). The summed E-state index contributed by atoms with van der Waals surface area (Å²) in [6.07, 6.45) is 0. The fraction of sp³-hybridized carbons (Fsp3) is 0.0588. The number of anilines is 2. The van der Waals surface area contributed by atoms with Crippen molar-refractivity contribution in [3.05, 3.63) is 71.6 Å². The van der Waals surface area contributed by atoms with E-state index in [-0.39, 0.29) is 0 Å². The van der Waals surface area contributed by atoms with Gasteiger partial charge in [-0.25, -0.2) is 0 Å². The van der Waals surface area contributed by atoms with E-state index in [1.54, 1.807) is 11.3 Å². The van der Waals surface area contributed by atoms with Crippen LogP contribution in [-0.4, -0.2) is 0 Å². The van der Waals surface area contributed by atoms with Crippen LogP contribution in [0.1, 0.15) is 5.56 Å². The van der Waals surface area contributed by atoms with Gasteiger partial charge in [0, 0.05) is 22.8 Å². The first-order valence-corrected chi connectivity index (χ1v) is 7.41. The maximum atomic E-state index is 5.68. The highest BCUT2D eigenvalue weighted by Gasteiger charge is 1.99. The van der Waals surface area contributed by atoms with Crippen molar-refractivity contribution in [1.29, 1.82) is 0 Å². The van der Waals surface area contributed by atoms with Gasteiger partial charge in [-0.1, -0.05) is 30.3 Å². The van der Waals surface area contributed by atoms with Crippen molar-refractivity contribution in [3.8, 4) is 10.4 Å². The van der Waals surface area contributed by atoms with Gasteiger partial charge < -0.3 is 11.1 Å².